The van der Waals surface area contributed by atoms with Gasteiger partial charge in [-0.2, -0.15) is 0 Å². The smallest absolute Gasteiger partial charge is 0.327 e. The van der Waals surface area contributed by atoms with Gasteiger partial charge >= 0.3 is 5.97 Å². The maximum atomic E-state index is 11.7. The van der Waals surface area contributed by atoms with Crippen LogP contribution in [0.15, 0.2) is 0 Å². The summed E-state index contributed by atoms with van der Waals surface area (Å²) in [7, 11) is -2.06. The summed E-state index contributed by atoms with van der Waals surface area (Å²) in [5, 5.41) is 10.9. The molecule has 0 rings (SSSR count). The van der Waals surface area contributed by atoms with E-state index < -0.39 is 33.5 Å². The van der Waals surface area contributed by atoms with Gasteiger partial charge < -0.3 is 19.9 Å². The lowest BCUT2D eigenvalue weighted by molar-refractivity contribution is -0.140. The van der Waals surface area contributed by atoms with E-state index in [1.165, 1.54) is 0 Å². The molecule has 9 heteroatoms. The number of hydrogen-bond acceptors (Lipinski definition) is 6. The maximum Gasteiger partial charge on any atom is 0.327 e. The first-order valence-electron chi connectivity index (χ1n) is 6.05. The van der Waals surface area contributed by atoms with Crippen molar-refractivity contribution in [3.8, 4) is 0 Å². The topological polar surface area (TPSA) is 119 Å². The summed E-state index contributed by atoms with van der Waals surface area (Å²) in [6, 6.07) is -1.44. The number of aliphatic carboxylic acids is 1. The van der Waals surface area contributed by atoms with Gasteiger partial charge in [-0.3, -0.25) is 4.79 Å². The Labute approximate surface area is 118 Å². The number of carbonyl (C=O) groups is 2. The second-order valence-corrected chi connectivity index (χ2v) is 6.39. The Morgan fingerprint density at radius 2 is 1.90 bits per heavy atom. The number of rotatable bonds is 11. The fourth-order valence-corrected chi connectivity index (χ4v) is 2.62. The summed E-state index contributed by atoms with van der Waals surface area (Å²) in [4.78, 5) is 21.6. The van der Waals surface area contributed by atoms with E-state index in [4.69, 9.17) is 14.6 Å². The molecule has 0 saturated heterocycles. The number of ether oxygens (including phenoxy) is 2. The Bertz CT molecular complexity index is 407. The molecule has 20 heavy (non-hydrogen) atoms. The predicted molar refractivity (Wildman–Crippen MR) is 71.2 cm³/mol. The Morgan fingerprint density at radius 1 is 1.25 bits per heavy atom. The van der Waals surface area contributed by atoms with E-state index in [2.05, 4.69) is 5.32 Å². The molecule has 1 amide bonds. The van der Waals surface area contributed by atoms with Crippen molar-refractivity contribution < 1.29 is 32.6 Å². The maximum absolute atomic E-state index is 11.7. The van der Waals surface area contributed by atoms with Crippen molar-refractivity contribution in [2.75, 3.05) is 38.4 Å². The van der Waals surface area contributed by atoms with Gasteiger partial charge in [-0.25, -0.2) is 13.2 Å². The molecule has 0 aliphatic heterocycles. The van der Waals surface area contributed by atoms with Crippen LogP contribution in [0.4, 0.5) is 0 Å². The van der Waals surface area contributed by atoms with Crippen LogP contribution in [-0.4, -0.2) is 69.9 Å². The second kappa shape index (κ2) is 9.67. The highest BCUT2D eigenvalue weighted by atomic mass is 32.2. The van der Waals surface area contributed by atoms with E-state index in [0.717, 1.165) is 6.92 Å². The molecule has 0 fully saturated rings. The van der Waals surface area contributed by atoms with Crippen molar-refractivity contribution in [1.29, 1.82) is 0 Å². The minimum atomic E-state index is -3.62. The molecule has 1 unspecified atom stereocenters. The van der Waals surface area contributed by atoms with Crippen LogP contribution in [0.3, 0.4) is 0 Å². The number of amides is 1. The Kier molecular flexibility index (Phi) is 9.10. The average Bonchev–Trinajstić information content (AvgIpc) is 2.31. The molecule has 0 spiro atoms. The third-order valence-electron chi connectivity index (χ3n) is 2.27. The summed E-state index contributed by atoms with van der Waals surface area (Å²) in [6.07, 6.45) is 0.653. The number of carboxylic acid groups (broad SMARTS) is 1. The third-order valence-corrected chi connectivity index (χ3v) is 3.90. The van der Waals surface area contributed by atoms with Gasteiger partial charge in [0.05, 0.1) is 18.1 Å². The average molecular weight is 311 g/mol. The number of methoxy groups -OCH3 is 1. The molecule has 0 aliphatic carbocycles. The van der Waals surface area contributed by atoms with Crippen LogP contribution in [0.5, 0.6) is 0 Å². The summed E-state index contributed by atoms with van der Waals surface area (Å²) >= 11 is 0. The van der Waals surface area contributed by atoms with Gasteiger partial charge in [-0.05, 0) is 6.42 Å². The minimum absolute atomic E-state index is 0.0154. The molecule has 0 aliphatic rings. The first-order chi connectivity index (χ1) is 9.28. The van der Waals surface area contributed by atoms with Crippen LogP contribution >= 0.6 is 0 Å². The Balaban J connectivity index is 4.15. The molecule has 1 atom stereocenters. The molecule has 0 heterocycles. The van der Waals surface area contributed by atoms with E-state index in [1.807, 2.05) is 0 Å². The summed E-state index contributed by atoms with van der Waals surface area (Å²) in [5.74, 6) is -2.92. The standard InChI is InChI=1S/C11H21NO7S/c1-9(13)12-10(11(14)15)8-20(16,17)7-6-19-5-3-4-18-2/h10H,3-8H2,1-2H3,(H,12,13)(H,14,15). The van der Waals surface area contributed by atoms with Crippen molar-refractivity contribution >= 4 is 21.7 Å². The van der Waals surface area contributed by atoms with Gasteiger partial charge in [0.1, 0.15) is 6.04 Å². The zero-order chi connectivity index (χ0) is 15.6. The van der Waals surface area contributed by atoms with Crippen molar-refractivity contribution in [2.24, 2.45) is 0 Å². The normalized spacial score (nSPS) is 12.9. The lowest BCUT2D eigenvalue weighted by Crippen LogP contribution is -2.45. The predicted octanol–water partition coefficient (Wildman–Crippen LogP) is -0.956. The summed E-state index contributed by atoms with van der Waals surface area (Å²) in [6.45, 7) is 2.01. The van der Waals surface area contributed by atoms with Crippen LogP contribution in [-0.2, 0) is 28.9 Å². The van der Waals surface area contributed by atoms with Crippen LogP contribution in [0.2, 0.25) is 0 Å². The Morgan fingerprint density at radius 3 is 2.40 bits per heavy atom. The molecule has 0 saturated carbocycles. The van der Waals surface area contributed by atoms with E-state index in [-0.39, 0.29) is 12.4 Å². The zero-order valence-electron chi connectivity index (χ0n) is 11.6. The highest BCUT2D eigenvalue weighted by molar-refractivity contribution is 7.91. The lowest BCUT2D eigenvalue weighted by Gasteiger charge is -2.13. The number of carboxylic acids is 1. The number of sulfone groups is 1. The summed E-state index contributed by atoms with van der Waals surface area (Å²) in [5.41, 5.74) is 0. The molecule has 8 nitrogen and oxygen atoms in total. The molecule has 2 N–H and O–H groups in total. The second-order valence-electron chi connectivity index (χ2n) is 4.16. The molecular formula is C11H21NO7S. The van der Waals surface area contributed by atoms with Gasteiger partial charge in [-0.1, -0.05) is 0 Å². The fourth-order valence-electron chi connectivity index (χ4n) is 1.35. The van der Waals surface area contributed by atoms with Crippen molar-refractivity contribution in [2.45, 2.75) is 19.4 Å². The highest BCUT2D eigenvalue weighted by Gasteiger charge is 2.25. The van der Waals surface area contributed by atoms with Crippen LogP contribution < -0.4 is 5.32 Å². The molecule has 0 aromatic carbocycles. The van der Waals surface area contributed by atoms with Crippen LogP contribution in [0, 0.1) is 0 Å². The first kappa shape index (κ1) is 18.8. The Hall–Kier alpha value is -1.19. The molecule has 0 aromatic rings. The van der Waals surface area contributed by atoms with Crippen molar-refractivity contribution in [3.05, 3.63) is 0 Å². The monoisotopic (exact) mass is 311 g/mol. The largest absolute Gasteiger partial charge is 0.480 e. The molecular weight excluding hydrogens is 290 g/mol. The van der Waals surface area contributed by atoms with Crippen molar-refractivity contribution in [1.82, 2.24) is 5.32 Å². The van der Waals surface area contributed by atoms with Gasteiger partial charge in [-0.15, -0.1) is 0 Å². The quantitative estimate of drug-likeness (QED) is 0.472. The van der Waals surface area contributed by atoms with Crippen molar-refractivity contribution in [3.63, 3.8) is 0 Å². The van der Waals surface area contributed by atoms with E-state index >= 15 is 0 Å². The molecule has 0 bridgehead atoms. The van der Waals surface area contributed by atoms with Crippen LogP contribution in [0.1, 0.15) is 13.3 Å². The van der Waals surface area contributed by atoms with Crippen LogP contribution in [0.25, 0.3) is 0 Å². The molecule has 118 valence electrons. The lowest BCUT2D eigenvalue weighted by atomic mass is 10.3. The highest BCUT2D eigenvalue weighted by Crippen LogP contribution is 1.97. The molecule has 0 aromatic heterocycles. The minimum Gasteiger partial charge on any atom is -0.480 e. The first-order valence-corrected chi connectivity index (χ1v) is 7.87. The van der Waals surface area contributed by atoms with E-state index in [1.54, 1.807) is 7.11 Å². The van der Waals surface area contributed by atoms with Gasteiger partial charge in [0, 0.05) is 27.2 Å². The van der Waals surface area contributed by atoms with E-state index in [0.29, 0.717) is 19.6 Å². The third kappa shape index (κ3) is 9.70. The SMILES string of the molecule is COCCCOCCS(=O)(=O)CC(NC(C)=O)C(=O)O. The fraction of sp³-hybridized carbons (Fsp3) is 0.818. The summed E-state index contributed by atoms with van der Waals surface area (Å²) < 4.78 is 33.3. The zero-order valence-corrected chi connectivity index (χ0v) is 12.4. The van der Waals surface area contributed by atoms with Gasteiger partial charge in [0.25, 0.3) is 0 Å². The van der Waals surface area contributed by atoms with Gasteiger partial charge in [0.15, 0.2) is 9.84 Å². The van der Waals surface area contributed by atoms with E-state index in [9.17, 15) is 18.0 Å². The number of hydrogen-bond donors (Lipinski definition) is 2. The molecule has 0 radical (unpaired) electrons. The number of nitrogens with one attached hydrogen (secondary N) is 1. The number of carbonyl (C=O) groups excluding carboxylic acids is 1. The van der Waals surface area contributed by atoms with Gasteiger partial charge in [0.2, 0.25) is 5.91 Å².